The summed E-state index contributed by atoms with van der Waals surface area (Å²) in [7, 11) is 0. The zero-order chi connectivity index (χ0) is 9.97. The number of hydrogen-bond donors (Lipinski definition) is 1. The van der Waals surface area contributed by atoms with Crippen molar-refractivity contribution in [3.8, 4) is 0 Å². The molecule has 0 spiro atoms. The van der Waals surface area contributed by atoms with E-state index in [1.807, 2.05) is 17.8 Å². The summed E-state index contributed by atoms with van der Waals surface area (Å²) in [4.78, 5) is 0. The SMILES string of the molecule is Cc1cn(CC2CCCOC2)nc1N. The number of aryl methyl sites for hydroxylation is 1. The third-order valence-electron chi connectivity index (χ3n) is 2.68. The smallest absolute Gasteiger partial charge is 0.148 e. The first kappa shape index (κ1) is 9.52. The summed E-state index contributed by atoms with van der Waals surface area (Å²) < 4.78 is 7.35. The van der Waals surface area contributed by atoms with Crippen molar-refractivity contribution in [1.82, 2.24) is 9.78 Å². The maximum atomic E-state index is 5.68. The van der Waals surface area contributed by atoms with Crippen LogP contribution < -0.4 is 5.73 Å². The van der Waals surface area contributed by atoms with Crippen LogP contribution in [0.2, 0.25) is 0 Å². The molecule has 0 saturated carbocycles. The standard InChI is InChI=1S/C10H17N3O/c1-8-5-13(12-10(8)11)6-9-3-2-4-14-7-9/h5,9H,2-4,6-7H2,1H3,(H2,11,12). The summed E-state index contributed by atoms with van der Waals surface area (Å²) in [5, 5.41) is 4.24. The predicted molar refractivity (Wildman–Crippen MR) is 54.9 cm³/mol. The first-order chi connectivity index (χ1) is 6.75. The molecule has 2 N–H and O–H groups in total. The summed E-state index contributed by atoms with van der Waals surface area (Å²) >= 11 is 0. The van der Waals surface area contributed by atoms with Crippen molar-refractivity contribution in [3.63, 3.8) is 0 Å². The van der Waals surface area contributed by atoms with Gasteiger partial charge in [-0.15, -0.1) is 0 Å². The molecule has 1 aromatic heterocycles. The Morgan fingerprint density at radius 2 is 2.57 bits per heavy atom. The molecule has 4 heteroatoms. The highest BCUT2D eigenvalue weighted by Crippen LogP contribution is 2.16. The summed E-state index contributed by atoms with van der Waals surface area (Å²) in [6.07, 6.45) is 4.41. The minimum atomic E-state index is 0.599. The second kappa shape index (κ2) is 4.00. The van der Waals surface area contributed by atoms with E-state index < -0.39 is 0 Å². The Labute approximate surface area is 84.0 Å². The third-order valence-corrected chi connectivity index (χ3v) is 2.68. The Hall–Kier alpha value is -1.03. The van der Waals surface area contributed by atoms with E-state index in [2.05, 4.69) is 5.10 Å². The van der Waals surface area contributed by atoms with Gasteiger partial charge in [-0.2, -0.15) is 5.10 Å². The lowest BCUT2D eigenvalue weighted by Gasteiger charge is -2.21. The highest BCUT2D eigenvalue weighted by atomic mass is 16.5. The van der Waals surface area contributed by atoms with Crippen molar-refractivity contribution in [1.29, 1.82) is 0 Å². The van der Waals surface area contributed by atoms with E-state index in [0.717, 1.165) is 25.3 Å². The van der Waals surface area contributed by atoms with Gasteiger partial charge in [-0.1, -0.05) is 0 Å². The van der Waals surface area contributed by atoms with E-state index >= 15 is 0 Å². The van der Waals surface area contributed by atoms with Crippen LogP contribution in [0.5, 0.6) is 0 Å². The molecule has 1 atom stereocenters. The molecule has 2 rings (SSSR count). The molecule has 0 radical (unpaired) electrons. The number of rotatable bonds is 2. The number of nitrogens with two attached hydrogens (primary N) is 1. The fraction of sp³-hybridized carbons (Fsp3) is 0.700. The van der Waals surface area contributed by atoms with Crippen LogP contribution in [0.1, 0.15) is 18.4 Å². The number of ether oxygens (including phenoxy) is 1. The molecule has 78 valence electrons. The van der Waals surface area contributed by atoms with Gasteiger partial charge in [-0.3, -0.25) is 4.68 Å². The van der Waals surface area contributed by atoms with E-state index in [9.17, 15) is 0 Å². The van der Waals surface area contributed by atoms with Crippen molar-refractivity contribution in [2.24, 2.45) is 5.92 Å². The Balaban J connectivity index is 1.95. The molecule has 4 nitrogen and oxygen atoms in total. The van der Waals surface area contributed by atoms with Crippen LogP contribution in [-0.4, -0.2) is 23.0 Å². The Morgan fingerprint density at radius 3 is 3.14 bits per heavy atom. The van der Waals surface area contributed by atoms with Gasteiger partial charge in [-0.05, 0) is 19.8 Å². The van der Waals surface area contributed by atoms with Gasteiger partial charge in [0.2, 0.25) is 0 Å². The minimum absolute atomic E-state index is 0.599. The lowest BCUT2D eigenvalue weighted by atomic mass is 10.0. The summed E-state index contributed by atoms with van der Waals surface area (Å²) in [6, 6.07) is 0. The normalized spacial score (nSPS) is 22.5. The predicted octanol–water partition coefficient (Wildman–Crippen LogP) is 1.20. The molecule has 1 aliphatic heterocycles. The number of hydrogen-bond acceptors (Lipinski definition) is 3. The average Bonchev–Trinajstić information content (AvgIpc) is 2.47. The number of nitrogen functional groups attached to an aromatic ring is 1. The lowest BCUT2D eigenvalue weighted by molar-refractivity contribution is 0.0470. The average molecular weight is 195 g/mol. The van der Waals surface area contributed by atoms with Crippen LogP contribution >= 0.6 is 0 Å². The molecule has 0 amide bonds. The molecule has 1 aliphatic rings. The quantitative estimate of drug-likeness (QED) is 0.771. The van der Waals surface area contributed by atoms with Crippen LogP contribution in [0.15, 0.2) is 6.20 Å². The monoisotopic (exact) mass is 195 g/mol. The van der Waals surface area contributed by atoms with Crippen LogP contribution in [0, 0.1) is 12.8 Å². The van der Waals surface area contributed by atoms with Gasteiger partial charge in [0.05, 0.1) is 6.61 Å². The Kier molecular flexibility index (Phi) is 2.72. The van der Waals surface area contributed by atoms with Gasteiger partial charge in [0.1, 0.15) is 5.82 Å². The summed E-state index contributed by atoms with van der Waals surface area (Å²) in [6.45, 7) is 4.68. The summed E-state index contributed by atoms with van der Waals surface area (Å²) in [5.74, 6) is 1.24. The number of anilines is 1. The molecule has 1 unspecified atom stereocenters. The molecular weight excluding hydrogens is 178 g/mol. The van der Waals surface area contributed by atoms with E-state index in [4.69, 9.17) is 10.5 Å². The van der Waals surface area contributed by atoms with Gasteiger partial charge in [0, 0.05) is 30.8 Å². The van der Waals surface area contributed by atoms with Crippen LogP contribution in [0.25, 0.3) is 0 Å². The Bertz CT molecular complexity index is 283. The van der Waals surface area contributed by atoms with Gasteiger partial charge in [0.15, 0.2) is 0 Å². The van der Waals surface area contributed by atoms with E-state index in [1.165, 1.54) is 12.8 Å². The summed E-state index contributed by atoms with van der Waals surface area (Å²) in [5.41, 5.74) is 6.74. The molecule has 1 fully saturated rings. The van der Waals surface area contributed by atoms with Crippen molar-refractivity contribution < 1.29 is 4.74 Å². The van der Waals surface area contributed by atoms with E-state index in [0.29, 0.717) is 11.7 Å². The third kappa shape index (κ3) is 2.07. The van der Waals surface area contributed by atoms with Crippen LogP contribution in [0.3, 0.4) is 0 Å². The van der Waals surface area contributed by atoms with Crippen molar-refractivity contribution in [2.75, 3.05) is 18.9 Å². The fourth-order valence-corrected chi connectivity index (χ4v) is 1.85. The van der Waals surface area contributed by atoms with Crippen molar-refractivity contribution in [3.05, 3.63) is 11.8 Å². The molecule has 2 heterocycles. The van der Waals surface area contributed by atoms with Crippen molar-refractivity contribution in [2.45, 2.75) is 26.3 Å². The zero-order valence-electron chi connectivity index (χ0n) is 8.57. The second-order valence-electron chi connectivity index (χ2n) is 4.00. The lowest BCUT2D eigenvalue weighted by Crippen LogP contribution is -2.22. The largest absolute Gasteiger partial charge is 0.382 e. The van der Waals surface area contributed by atoms with Crippen LogP contribution in [0.4, 0.5) is 5.82 Å². The second-order valence-corrected chi connectivity index (χ2v) is 4.00. The number of nitrogens with zero attached hydrogens (tertiary/aromatic N) is 2. The molecule has 1 saturated heterocycles. The fourth-order valence-electron chi connectivity index (χ4n) is 1.85. The maximum Gasteiger partial charge on any atom is 0.148 e. The molecule has 0 aromatic carbocycles. The highest BCUT2D eigenvalue weighted by molar-refractivity contribution is 5.35. The highest BCUT2D eigenvalue weighted by Gasteiger charge is 2.15. The first-order valence-electron chi connectivity index (χ1n) is 5.13. The molecule has 14 heavy (non-hydrogen) atoms. The van der Waals surface area contributed by atoms with Gasteiger partial charge < -0.3 is 10.5 Å². The maximum absolute atomic E-state index is 5.68. The minimum Gasteiger partial charge on any atom is -0.382 e. The van der Waals surface area contributed by atoms with Gasteiger partial charge in [0.25, 0.3) is 0 Å². The van der Waals surface area contributed by atoms with Crippen molar-refractivity contribution >= 4 is 5.82 Å². The van der Waals surface area contributed by atoms with Gasteiger partial charge in [-0.25, -0.2) is 0 Å². The van der Waals surface area contributed by atoms with Crippen LogP contribution in [-0.2, 0) is 11.3 Å². The Morgan fingerprint density at radius 1 is 1.71 bits per heavy atom. The topological polar surface area (TPSA) is 53.1 Å². The first-order valence-corrected chi connectivity index (χ1v) is 5.13. The van der Waals surface area contributed by atoms with E-state index in [1.54, 1.807) is 0 Å². The molecular formula is C10H17N3O. The number of aromatic nitrogens is 2. The van der Waals surface area contributed by atoms with Gasteiger partial charge >= 0.3 is 0 Å². The molecule has 0 aliphatic carbocycles. The molecule has 0 bridgehead atoms. The van der Waals surface area contributed by atoms with E-state index in [-0.39, 0.29) is 0 Å². The zero-order valence-corrected chi connectivity index (χ0v) is 8.57. The molecule has 1 aromatic rings.